The zero-order chi connectivity index (χ0) is 17.5. The highest BCUT2D eigenvalue weighted by Crippen LogP contribution is 2.26. The molecule has 0 unspecified atom stereocenters. The van der Waals surface area contributed by atoms with Gasteiger partial charge in [0.1, 0.15) is 0 Å². The summed E-state index contributed by atoms with van der Waals surface area (Å²) in [5.41, 5.74) is 17.6. The molecule has 0 atom stereocenters. The molecule has 0 aliphatic carbocycles. The fourth-order valence-corrected chi connectivity index (χ4v) is 2.49. The molecular weight excluding hydrogens is 308 g/mol. The SMILES string of the molecule is NC(=CC=NCc1cccnc1)c1cc(-c2ccccc2)ccc1N. The smallest absolute Gasteiger partial charge is 0.0654 e. The molecule has 1 heterocycles. The van der Waals surface area contributed by atoms with Gasteiger partial charge in [0, 0.05) is 35.6 Å². The Kier molecular flexibility index (Phi) is 5.22. The molecule has 0 aliphatic heterocycles. The van der Waals surface area contributed by atoms with Crippen molar-refractivity contribution < 1.29 is 0 Å². The molecule has 3 aromatic rings. The highest BCUT2D eigenvalue weighted by molar-refractivity contribution is 5.87. The highest BCUT2D eigenvalue weighted by Gasteiger charge is 2.05. The Balaban J connectivity index is 1.78. The van der Waals surface area contributed by atoms with Crippen LogP contribution in [0.4, 0.5) is 5.69 Å². The molecule has 4 nitrogen and oxygen atoms in total. The van der Waals surface area contributed by atoms with Crippen molar-refractivity contribution in [1.29, 1.82) is 0 Å². The molecule has 0 amide bonds. The third-order valence-corrected chi connectivity index (χ3v) is 3.83. The van der Waals surface area contributed by atoms with Gasteiger partial charge in [-0.15, -0.1) is 0 Å². The second kappa shape index (κ2) is 7.93. The second-order valence-corrected chi connectivity index (χ2v) is 5.64. The van der Waals surface area contributed by atoms with Crippen LogP contribution in [0.25, 0.3) is 16.8 Å². The Hall–Kier alpha value is -3.40. The summed E-state index contributed by atoms with van der Waals surface area (Å²) in [6.07, 6.45) is 7.02. The first-order valence-electron chi connectivity index (χ1n) is 8.04. The van der Waals surface area contributed by atoms with Gasteiger partial charge >= 0.3 is 0 Å². The summed E-state index contributed by atoms with van der Waals surface area (Å²) >= 11 is 0. The van der Waals surface area contributed by atoms with E-state index in [1.54, 1.807) is 24.7 Å². The van der Waals surface area contributed by atoms with Crippen LogP contribution in [0.5, 0.6) is 0 Å². The van der Waals surface area contributed by atoms with Crippen molar-refractivity contribution in [3.8, 4) is 11.1 Å². The van der Waals surface area contributed by atoms with Gasteiger partial charge in [0.15, 0.2) is 0 Å². The summed E-state index contributed by atoms with van der Waals surface area (Å²) in [5, 5.41) is 0. The Bertz CT molecular complexity index is 884. The van der Waals surface area contributed by atoms with E-state index in [4.69, 9.17) is 11.5 Å². The molecule has 0 spiro atoms. The number of nitrogens with zero attached hydrogens (tertiary/aromatic N) is 2. The standard InChI is InChI=1S/C21H20N4/c22-20-9-8-18(17-6-2-1-3-7-17)13-19(20)21(23)10-12-25-15-16-5-4-11-24-14-16/h1-14H,15,22-23H2. The van der Waals surface area contributed by atoms with E-state index in [0.29, 0.717) is 17.9 Å². The van der Waals surface area contributed by atoms with Crippen molar-refractivity contribution in [2.75, 3.05) is 5.73 Å². The molecule has 0 saturated heterocycles. The van der Waals surface area contributed by atoms with Gasteiger partial charge in [0.2, 0.25) is 0 Å². The first kappa shape index (κ1) is 16.5. The summed E-state index contributed by atoms with van der Waals surface area (Å²) in [6.45, 7) is 0.567. The van der Waals surface area contributed by atoms with Crippen LogP contribution in [-0.4, -0.2) is 11.2 Å². The monoisotopic (exact) mass is 328 g/mol. The van der Waals surface area contributed by atoms with E-state index in [1.165, 1.54) is 0 Å². The Morgan fingerprint density at radius 3 is 2.60 bits per heavy atom. The van der Waals surface area contributed by atoms with E-state index >= 15 is 0 Å². The van der Waals surface area contributed by atoms with Crippen LogP contribution in [0.2, 0.25) is 0 Å². The zero-order valence-corrected chi connectivity index (χ0v) is 13.8. The number of rotatable bonds is 5. The largest absolute Gasteiger partial charge is 0.398 e. The molecule has 1 aromatic heterocycles. The van der Waals surface area contributed by atoms with Crippen LogP contribution >= 0.6 is 0 Å². The van der Waals surface area contributed by atoms with Crippen molar-refractivity contribution >= 4 is 17.6 Å². The van der Waals surface area contributed by atoms with Gasteiger partial charge in [-0.1, -0.05) is 42.5 Å². The van der Waals surface area contributed by atoms with Crippen LogP contribution in [0, 0.1) is 0 Å². The van der Waals surface area contributed by atoms with Gasteiger partial charge < -0.3 is 11.5 Å². The summed E-state index contributed by atoms with van der Waals surface area (Å²) < 4.78 is 0. The fraction of sp³-hybridized carbons (Fsp3) is 0.0476. The molecular formula is C21H20N4. The average Bonchev–Trinajstić information content (AvgIpc) is 2.67. The number of hydrogen-bond donors (Lipinski definition) is 2. The lowest BCUT2D eigenvalue weighted by atomic mass is 10.0. The van der Waals surface area contributed by atoms with E-state index < -0.39 is 0 Å². The molecule has 0 bridgehead atoms. The quantitative estimate of drug-likeness (QED) is 0.551. The summed E-state index contributed by atoms with van der Waals surface area (Å²) in [5.74, 6) is 0. The number of aromatic nitrogens is 1. The van der Waals surface area contributed by atoms with E-state index in [0.717, 1.165) is 22.3 Å². The first-order valence-corrected chi connectivity index (χ1v) is 8.04. The van der Waals surface area contributed by atoms with Gasteiger partial charge in [0.05, 0.1) is 6.54 Å². The normalized spacial score (nSPS) is 11.8. The summed E-state index contributed by atoms with van der Waals surface area (Å²) in [4.78, 5) is 8.42. The number of allylic oxidation sites excluding steroid dienone is 1. The lowest BCUT2D eigenvalue weighted by Crippen LogP contribution is -2.02. The summed E-state index contributed by atoms with van der Waals surface area (Å²) in [7, 11) is 0. The minimum absolute atomic E-state index is 0.567. The lowest BCUT2D eigenvalue weighted by Gasteiger charge is -2.09. The van der Waals surface area contributed by atoms with E-state index in [-0.39, 0.29) is 0 Å². The van der Waals surface area contributed by atoms with Crippen molar-refractivity contribution in [3.05, 3.63) is 90.3 Å². The minimum Gasteiger partial charge on any atom is -0.398 e. The van der Waals surface area contributed by atoms with Crippen molar-refractivity contribution in [3.63, 3.8) is 0 Å². The van der Waals surface area contributed by atoms with Crippen LogP contribution in [-0.2, 0) is 6.54 Å². The molecule has 25 heavy (non-hydrogen) atoms. The molecule has 2 aromatic carbocycles. The molecule has 0 radical (unpaired) electrons. The van der Waals surface area contributed by atoms with Gasteiger partial charge in [-0.2, -0.15) is 0 Å². The van der Waals surface area contributed by atoms with Gasteiger partial charge in [-0.25, -0.2) is 0 Å². The number of nitrogen functional groups attached to an aromatic ring is 1. The third kappa shape index (κ3) is 4.32. The molecule has 0 aliphatic rings. The Morgan fingerprint density at radius 1 is 1.00 bits per heavy atom. The van der Waals surface area contributed by atoms with E-state index in [2.05, 4.69) is 22.1 Å². The average molecular weight is 328 g/mol. The predicted octanol–water partition coefficient (Wildman–Crippen LogP) is 3.90. The van der Waals surface area contributed by atoms with Gasteiger partial charge in [-0.05, 0) is 41.0 Å². The fourth-order valence-electron chi connectivity index (χ4n) is 2.49. The molecule has 3 rings (SSSR count). The Labute approximate surface area is 147 Å². The van der Waals surface area contributed by atoms with E-state index in [1.807, 2.05) is 48.5 Å². The molecule has 4 N–H and O–H groups in total. The van der Waals surface area contributed by atoms with Crippen LogP contribution in [0.1, 0.15) is 11.1 Å². The van der Waals surface area contributed by atoms with E-state index in [9.17, 15) is 0 Å². The molecule has 4 heteroatoms. The Morgan fingerprint density at radius 2 is 1.84 bits per heavy atom. The van der Waals surface area contributed by atoms with Crippen LogP contribution < -0.4 is 11.5 Å². The third-order valence-electron chi connectivity index (χ3n) is 3.83. The summed E-state index contributed by atoms with van der Waals surface area (Å²) in [6, 6.07) is 19.9. The first-order chi connectivity index (χ1) is 12.2. The maximum absolute atomic E-state index is 6.20. The molecule has 0 saturated carbocycles. The number of hydrogen-bond acceptors (Lipinski definition) is 4. The van der Waals surface area contributed by atoms with Crippen molar-refractivity contribution in [2.45, 2.75) is 6.54 Å². The molecule has 124 valence electrons. The second-order valence-electron chi connectivity index (χ2n) is 5.64. The van der Waals surface area contributed by atoms with Crippen LogP contribution in [0.15, 0.2) is 84.1 Å². The number of benzene rings is 2. The van der Waals surface area contributed by atoms with Crippen molar-refractivity contribution in [1.82, 2.24) is 4.98 Å². The van der Waals surface area contributed by atoms with Gasteiger partial charge in [0.25, 0.3) is 0 Å². The maximum atomic E-state index is 6.20. The maximum Gasteiger partial charge on any atom is 0.0654 e. The predicted molar refractivity (Wildman–Crippen MR) is 105 cm³/mol. The number of aliphatic imine (C=N–C) groups is 1. The molecule has 0 fully saturated rings. The number of nitrogens with two attached hydrogens (primary N) is 2. The number of pyridine rings is 1. The van der Waals surface area contributed by atoms with Crippen LogP contribution in [0.3, 0.4) is 0 Å². The topological polar surface area (TPSA) is 77.3 Å². The highest BCUT2D eigenvalue weighted by atomic mass is 14.7. The number of anilines is 1. The minimum atomic E-state index is 0.567. The van der Waals surface area contributed by atoms with Gasteiger partial charge in [-0.3, -0.25) is 9.98 Å². The zero-order valence-electron chi connectivity index (χ0n) is 13.8. The van der Waals surface area contributed by atoms with Crippen molar-refractivity contribution in [2.24, 2.45) is 10.7 Å². The lowest BCUT2D eigenvalue weighted by molar-refractivity contribution is 1.05.